The van der Waals surface area contributed by atoms with Crippen LogP contribution in [0.3, 0.4) is 0 Å². The molecule has 0 aromatic heterocycles. The second kappa shape index (κ2) is 10.1. The minimum Gasteiger partial charge on any atom is -0.478 e. The van der Waals surface area contributed by atoms with Crippen LogP contribution in [0.1, 0.15) is 62.5 Å². The van der Waals surface area contributed by atoms with Gasteiger partial charge < -0.3 is 14.3 Å². The van der Waals surface area contributed by atoms with Gasteiger partial charge in [0.25, 0.3) is 0 Å². The summed E-state index contributed by atoms with van der Waals surface area (Å²) in [4.78, 5) is 12.0. The minimum atomic E-state index is -1.20. The van der Waals surface area contributed by atoms with Gasteiger partial charge in [-0.25, -0.2) is 4.79 Å². The van der Waals surface area contributed by atoms with Crippen LogP contribution < -0.4 is 4.74 Å². The topological polar surface area (TPSA) is 55.8 Å². The van der Waals surface area contributed by atoms with E-state index in [1.54, 1.807) is 12.1 Å². The summed E-state index contributed by atoms with van der Waals surface area (Å²) in [5.41, 5.74) is 4.04. The SMILES string of the molecule is CCCc1c(OC(C(=O)O)c2ccccc2)ccc(C(C)(C)C)c1CO[SiH](C)C. The van der Waals surface area contributed by atoms with Crippen LogP contribution in [0, 0.1) is 0 Å². The first-order chi connectivity index (χ1) is 13.6. The minimum absolute atomic E-state index is 0.0378. The van der Waals surface area contributed by atoms with Crippen molar-refractivity contribution in [1.29, 1.82) is 0 Å². The normalized spacial score (nSPS) is 12.8. The fourth-order valence-electron chi connectivity index (χ4n) is 3.44. The van der Waals surface area contributed by atoms with Gasteiger partial charge in [0.2, 0.25) is 6.10 Å². The van der Waals surface area contributed by atoms with Crippen molar-refractivity contribution in [2.24, 2.45) is 0 Å². The Morgan fingerprint density at radius 3 is 2.24 bits per heavy atom. The third-order valence-corrected chi connectivity index (χ3v) is 5.66. The molecule has 0 saturated heterocycles. The zero-order valence-electron chi connectivity index (χ0n) is 18.5. The summed E-state index contributed by atoms with van der Waals surface area (Å²) >= 11 is 0. The monoisotopic (exact) mass is 414 g/mol. The molecule has 5 heteroatoms. The van der Waals surface area contributed by atoms with Crippen molar-refractivity contribution >= 4 is 15.0 Å². The lowest BCUT2D eigenvalue weighted by molar-refractivity contribution is -0.145. The lowest BCUT2D eigenvalue weighted by Gasteiger charge is -2.28. The van der Waals surface area contributed by atoms with E-state index in [9.17, 15) is 9.90 Å². The first kappa shape index (κ1) is 23.2. The molecule has 1 N–H and O–H groups in total. The summed E-state index contributed by atoms with van der Waals surface area (Å²) in [5.74, 6) is -0.355. The van der Waals surface area contributed by atoms with Crippen LogP contribution in [0.5, 0.6) is 5.75 Å². The maximum Gasteiger partial charge on any atom is 0.349 e. The number of carboxylic acids is 1. The predicted octanol–water partition coefficient (Wildman–Crippen LogP) is 5.64. The Hall–Kier alpha value is -2.11. The fourth-order valence-corrected chi connectivity index (χ4v) is 3.94. The molecule has 2 aromatic rings. The average Bonchev–Trinajstić information content (AvgIpc) is 2.65. The van der Waals surface area contributed by atoms with Crippen LogP contribution in [0.4, 0.5) is 0 Å². The molecule has 0 bridgehead atoms. The molecule has 0 aliphatic carbocycles. The number of carboxylic acid groups (broad SMARTS) is 1. The van der Waals surface area contributed by atoms with Crippen LogP contribution in [-0.2, 0) is 27.7 Å². The maximum atomic E-state index is 12.0. The van der Waals surface area contributed by atoms with Crippen LogP contribution >= 0.6 is 0 Å². The highest BCUT2D eigenvalue weighted by Crippen LogP contribution is 2.36. The van der Waals surface area contributed by atoms with E-state index in [2.05, 4.69) is 46.9 Å². The van der Waals surface area contributed by atoms with Crippen molar-refractivity contribution < 1.29 is 19.1 Å². The van der Waals surface area contributed by atoms with Gasteiger partial charge in [0, 0.05) is 5.56 Å². The molecular formula is C24H34O4Si. The zero-order chi connectivity index (χ0) is 21.6. The van der Waals surface area contributed by atoms with Gasteiger partial charge in [0.05, 0.1) is 6.61 Å². The zero-order valence-corrected chi connectivity index (χ0v) is 19.6. The summed E-state index contributed by atoms with van der Waals surface area (Å²) in [6.45, 7) is 13.6. The van der Waals surface area contributed by atoms with Crippen LogP contribution in [-0.4, -0.2) is 20.1 Å². The molecule has 0 fully saturated rings. The van der Waals surface area contributed by atoms with E-state index in [0.29, 0.717) is 17.9 Å². The molecule has 29 heavy (non-hydrogen) atoms. The van der Waals surface area contributed by atoms with E-state index >= 15 is 0 Å². The second-order valence-corrected chi connectivity index (χ2v) is 11.1. The van der Waals surface area contributed by atoms with E-state index in [0.717, 1.165) is 24.0 Å². The molecule has 0 radical (unpaired) electrons. The Labute approximate surface area is 176 Å². The van der Waals surface area contributed by atoms with E-state index in [-0.39, 0.29) is 5.41 Å². The molecule has 0 aliphatic heterocycles. The number of aliphatic carboxylic acids is 1. The van der Waals surface area contributed by atoms with Gasteiger partial charge in [-0.2, -0.15) is 0 Å². The summed E-state index contributed by atoms with van der Waals surface area (Å²) in [7, 11) is -1.20. The van der Waals surface area contributed by atoms with Crippen molar-refractivity contribution in [1.82, 2.24) is 0 Å². The third-order valence-electron chi connectivity index (χ3n) is 4.83. The first-order valence-electron chi connectivity index (χ1n) is 10.4. The highest BCUT2D eigenvalue weighted by molar-refractivity contribution is 6.48. The number of hydrogen-bond donors (Lipinski definition) is 1. The number of carbonyl (C=O) groups is 1. The molecule has 158 valence electrons. The third kappa shape index (κ3) is 6.18. The Kier molecular flexibility index (Phi) is 8.05. The van der Waals surface area contributed by atoms with Gasteiger partial charge in [0.1, 0.15) is 5.75 Å². The fraction of sp³-hybridized carbons (Fsp3) is 0.458. The number of hydrogen-bond acceptors (Lipinski definition) is 3. The molecule has 1 unspecified atom stereocenters. The molecule has 2 rings (SSSR count). The summed E-state index contributed by atoms with van der Waals surface area (Å²) < 4.78 is 12.2. The summed E-state index contributed by atoms with van der Waals surface area (Å²) in [5, 5.41) is 9.79. The van der Waals surface area contributed by atoms with E-state index in [1.165, 1.54) is 5.56 Å². The Balaban J connectivity index is 2.55. The number of benzene rings is 2. The second-order valence-electron chi connectivity index (χ2n) is 8.67. The van der Waals surface area contributed by atoms with E-state index in [1.807, 2.05) is 24.3 Å². The van der Waals surface area contributed by atoms with Crippen molar-refractivity contribution in [3.05, 3.63) is 64.7 Å². The Morgan fingerprint density at radius 1 is 1.07 bits per heavy atom. The van der Waals surface area contributed by atoms with Gasteiger partial charge in [-0.05, 0) is 47.7 Å². The quantitative estimate of drug-likeness (QED) is 0.539. The summed E-state index contributed by atoms with van der Waals surface area (Å²) in [6, 6.07) is 13.1. The van der Waals surface area contributed by atoms with Gasteiger partial charge in [-0.15, -0.1) is 0 Å². The van der Waals surface area contributed by atoms with Crippen LogP contribution in [0.2, 0.25) is 13.1 Å². The van der Waals surface area contributed by atoms with Crippen LogP contribution in [0.25, 0.3) is 0 Å². The van der Waals surface area contributed by atoms with Gasteiger partial charge in [-0.1, -0.05) is 70.5 Å². The average molecular weight is 415 g/mol. The molecule has 0 amide bonds. The van der Waals surface area contributed by atoms with Crippen molar-refractivity contribution in [2.45, 2.75) is 71.8 Å². The standard InChI is InChI=1S/C24H34O4Si/c1-7-11-18-19(16-27-29(5)6)20(24(2,3)4)14-15-21(18)28-22(23(25)26)17-12-9-8-10-13-17/h8-10,12-15,22,29H,7,11,16H2,1-6H3,(H,25,26). The van der Waals surface area contributed by atoms with Gasteiger partial charge >= 0.3 is 5.97 Å². The van der Waals surface area contributed by atoms with Crippen LogP contribution in [0.15, 0.2) is 42.5 Å². The molecule has 0 aliphatic rings. The van der Waals surface area contributed by atoms with E-state index < -0.39 is 21.1 Å². The first-order valence-corrected chi connectivity index (χ1v) is 13.1. The van der Waals surface area contributed by atoms with Crippen molar-refractivity contribution in [3.8, 4) is 5.75 Å². The molecule has 4 nitrogen and oxygen atoms in total. The highest BCUT2D eigenvalue weighted by atomic mass is 28.3. The smallest absolute Gasteiger partial charge is 0.349 e. The molecule has 0 heterocycles. The summed E-state index contributed by atoms with van der Waals surface area (Å²) in [6.07, 6.45) is 0.721. The molecule has 1 atom stereocenters. The molecular weight excluding hydrogens is 380 g/mol. The number of ether oxygens (including phenoxy) is 1. The van der Waals surface area contributed by atoms with Gasteiger partial charge in [-0.3, -0.25) is 0 Å². The Morgan fingerprint density at radius 2 is 1.72 bits per heavy atom. The van der Waals surface area contributed by atoms with Crippen molar-refractivity contribution in [2.75, 3.05) is 0 Å². The van der Waals surface area contributed by atoms with Crippen molar-refractivity contribution in [3.63, 3.8) is 0 Å². The maximum absolute atomic E-state index is 12.0. The molecule has 0 spiro atoms. The highest BCUT2D eigenvalue weighted by Gasteiger charge is 2.27. The number of rotatable bonds is 9. The van der Waals surface area contributed by atoms with E-state index in [4.69, 9.17) is 9.16 Å². The molecule has 2 aromatic carbocycles. The largest absolute Gasteiger partial charge is 0.478 e. The predicted molar refractivity (Wildman–Crippen MR) is 120 cm³/mol. The van der Waals surface area contributed by atoms with Gasteiger partial charge in [0.15, 0.2) is 9.04 Å². The Bertz CT molecular complexity index is 810. The molecule has 0 saturated carbocycles. The lowest BCUT2D eigenvalue weighted by Crippen LogP contribution is -2.21. The lowest BCUT2D eigenvalue weighted by atomic mass is 9.81.